The standard InChI is InChI=1S/C30H32N4O4/c1-2-38-28(36)20-34(30(37)23-7-4-3-5-8-23)25-15-16-26-24(19-25)9-6-18-33(26)27(35)17-12-21-10-13-22(14-11-21)29(31)32/h3-5,7-8,10-11,13-16,19H,2,6,9,12,17-18,20H2,1H3,(H3,31,32). The van der Waals surface area contributed by atoms with Gasteiger partial charge in [-0.1, -0.05) is 42.5 Å². The van der Waals surface area contributed by atoms with E-state index in [1.165, 1.54) is 4.90 Å². The molecule has 0 aliphatic carbocycles. The minimum atomic E-state index is -0.484. The number of nitrogens with two attached hydrogens (primary N) is 1. The Morgan fingerprint density at radius 1 is 1.00 bits per heavy atom. The lowest BCUT2D eigenvalue weighted by molar-refractivity contribution is -0.141. The normalized spacial score (nSPS) is 12.4. The molecule has 0 aromatic heterocycles. The number of ether oxygens (including phenoxy) is 1. The van der Waals surface area contributed by atoms with Crippen molar-refractivity contribution in [1.82, 2.24) is 0 Å². The zero-order chi connectivity index (χ0) is 27.1. The minimum absolute atomic E-state index is 0.0169. The van der Waals surface area contributed by atoms with E-state index in [-0.39, 0.29) is 30.8 Å². The number of carbonyl (C=O) groups is 3. The number of benzene rings is 3. The van der Waals surface area contributed by atoms with Gasteiger partial charge in [0.2, 0.25) is 5.91 Å². The van der Waals surface area contributed by atoms with Gasteiger partial charge in [-0.25, -0.2) is 0 Å². The number of amidine groups is 1. The summed E-state index contributed by atoms with van der Waals surface area (Å²) in [4.78, 5) is 42.1. The molecular weight excluding hydrogens is 480 g/mol. The number of nitrogens with one attached hydrogen (secondary N) is 1. The van der Waals surface area contributed by atoms with Crippen LogP contribution in [0.25, 0.3) is 0 Å². The van der Waals surface area contributed by atoms with Crippen LogP contribution in [-0.4, -0.2) is 43.3 Å². The van der Waals surface area contributed by atoms with Crippen LogP contribution in [0, 0.1) is 5.41 Å². The highest BCUT2D eigenvalue weighted by molar-refractivity contribution is 6.08. The van der Waals surface area contributed by atoms with Crippen molar-refractivity contribution in [2.45, 2.75) is 32.6 Å². The van der Waals surface area contributed by atoms with Gasteiger partial charge in [-0.3, -0.25) is 24.7 Å². The lowest BCUT2D eigenvalue weighted by Gasteiger charge is -2.31. The summed E-state index contributed by atoms with van der Waals surface area (Å²) in [6.45, 7) is 2.39. The van der Waals surface area contributed by atoms with Crippen molar-refractivity contribution in [2.24, 2.45) is 5.73 Å². The van der Waals surface area contributed by atoms with Gasteiger partial charge >= 0.3 is 5.97 Å². The van der Waals surface area contributed by atoms with Crippen molar-refractivity contribution in [2.75, 3.05) is 29.5 Å². The fraction of sp³-hybridized carbons (Fsp3) is 0.267. The Kier molecular flexibility index (Phi) is 8.53. The van der Waals surface area contributed by atoms with Crippen molar-refractivity contribution >= 4 is 35.0 Å². The lowest BCUT2D eigenvalue weighted by atomic mass is 9.99. The second-order valence-corrected chi connectivity index (χ2v) is 9.13. The van der Waals surface area contributed by atoms with Crippen molar-refractivity contribution in [1.29, 1.82) is 5.41 Å². The molecule has 1 heterocycles. The second kappa shape index (κ2) is 12.2. The third kappa shape index (κ3) is 6.26. The van der Waals surface area contributed by atoms with Gasteiger partial charge in [0.05, 0.1) is 6.61 Å². The first-order valence-corrected chi connectivity index (χ1v) is 12.8. The third-order valence-electron chi connectivity index (χ3n) is 6.55. The number of aryl methyl sites for hydroxylation is 2. The van der Waals surface area contributed by atoms with E-state index in [9.17, 15) is 14.4 Å². The molecule has 0 unspecified atom stereocenters. The van der Waals surface area contributed by atoms with E-state index in [4.69, 9.17) is 15.9 Å². The molecule has 1 aliphatic rings. The zero-order valence-electron chi connectivity index (χ0n) is 21.5. The van der Waals surface area contributed by atoms with E-state index in [1.807, 2.05) is 30.3 Å². The monoisotopic (exact) mass is 512 g/mol. The molecule has 0 atom stereocenters. The van der Waals surface area contributed by atoms with Crippen LogP contribution in [0.15, 0.2) is 72.8 Å². The average molecular weight is 513 g/mol. The topological polar surface area (TPSA) is 117 Å². The molecule has 8 heteroatoms. The highest BCUT2D eigenvalue weighted by Crippen LogP contribution is 2.32. The molecule has 4 rings (SSSR count). The third-order valence-corrected chi connectivity index (χ3v) is 6.55. The number of fused-ring (bicyclic) bond motifs is 1. The lowest BCUT2D eigenvalue weighted by Crippen LogP contribution is -2.38. The van der Waals surface area contributed by atoms with Crippen LogP contribution in [-0.2, 0) is 27.2 Å². The Balaban J connectivity index is 1.53. The molecular formula is C30H32N4O4. The van der Waals surface area contributed by atoms with E-state index < -0.39 is 5.97 Å². The van der Waals surface area contributed by atoms with Gasteiger partial charge in [-0.2, -0.15) is 0 Å². The van der Waals surface area contributed by atoms with Gasteiger partial charge in [0.15, 0.2) is 0 Å². The number of esters is 1. The number of nitrogen functional groups attached to an aromatic ring is 1. The highest BCUT2D eigenvalue weighted by atomic mass is 16.5. The Hall–Kier alpha value is -4.46. The fourth-order valence-corrected chi connectivity index (χ4v) is 4.60. The summed E-state index contributed by atoms with van der Waals surface area (Å²) < 4.78 is 5.12. The van der Waals surface area contributed by atoms with Crippen LogP contribution in [0.3, 0.4) is 0 Å². The molecule has 0 radical (unpaired) electrons. The maximum Gasteiger partial charge on any atom is 0.326 e. The van der Waals surface area contributed by atoms with E-state index in [2.05, 4.69) is 0 Å². The summed E-state index contributed by atoms with van der Waals surface area (Å²) in [6, 6.07) is 21.7. The van der Waals surface area contributed by atoms with Crippen LogP contribution in [0.5, 0.6) is 0 Å². The number of hydrogen-bond acceptors (Lipinski definition) is 5. The largest absolute Gasteiger partial charge is 0.465 e. The number of carbonyl (C=O) groups excluding carboxylic acids is 3. The van der Waals surface area contributed by atoms with Gasteiger partial charge in [0.25, 0.3) is 5.91 Å². The van der Waals surface area contributed by atoms with Gasteiger partial charge in [-0.05, 0) is 67.6 Å². The van der Waals surface area contributed by atoms with Gasteiger partial charge in [0.1, 0.15) is 12.4 Å². The first kappa shape index (κ1) is 26.6. The summed E-state index contributed by atoms with van der Waals surface area (Å²) >= 11 is 0. The number of rotatable bonds is 9. The van der Waals surface area contributed by atoms with Crippen LogP contribution in [0.2, 0.25) is 0 Å². The molecule has 0 spiro atoms. The first-order chi connectivity index (χ1) is 18.4. The number of nitrogens with zero attached hydrogens (tertiary/aromatic N) is 2. The first-order valence-electron chi connectivity index (χ1n) is 12.8. The Labute approximate surface area is 222 Å². The van der Waals surface area contributed by atoms with Crippen molar-refractivity contribution < 1.29 is 19.1 Å². The van der Waals surface area contributed by atoms with E-state index in [0.29, 0.717) is 36.2 Å². The molecule has 38 heavy (non-hydrogen) atoms. The Morgan fingerprint density at radius 2 is 1.74 bits per heavy atom. The summed E-state index contributed by atoms with van der Waals surface area (Å²) in [5.41, 5.74) is 10.0. The fourth-order valence-electron chi connectivity index (χ4n) is 4.60. The number of anilines is 2. The summed E-state index contributed by atoms with van der Waals surface area (Å²) in [7, 11) is 0. The Morgan fingerprint density at radius 3 is 2.42 bits per heavy atom. The molecule has 8 nitrogen and oxygen atoms in total. The zero-order valence-corrected chi connectivity index (χ0v) is 21.5. The summed E-state index contributed by atoms with van der Waals surface area (Å²) in [6.07, 6.45) is 2.51. The maximum absolute atomic E-state index is 13.3. The smallest absolute Gasteiger partial charge is 0.326 e. The van der Waals surface area contributed by atoms with Crippen LogP contribution in [0.1, 0.15) is 46.8 Å². The van der Waals surface area contributed by atoms with E-state index in [0.717, 1.165) is 29.7 Å². The maximum atomic E-state index is 13.3. The number of amides is 2. The van der Waals surface area contributed by atoms with Crippen molar-refractivity contribution in [3.63, 3.8) is 0 Å². The van der Waals surface area contributed by atoms with Crippen molar-refractivity contribution in [3.8, 4) is 0 Å². The molecule has 196 valence electrons. The van der Waals surface area contributed by atoms with Gasteiger partial charge in [-0.15, -0.1) is 0 Å². The molecule has 3 aromatic carbocycles. The molecule has 0 saturated heterocycles. The molecule has 1 aliphatic heterocycles. The van der Waals surface area contributed by atoms with Crippen LogP contribution >= 0.6 is 0 Å². The molecule has 3 aromatic rings. The quantitative estimate of drug-likeness (QED) is 0.254. The summed E-state index contributed by atoms with van der Waals surface area (Å²) in [5, 5.41) is 7.51. The molecule has 3 N–H and O–H groups in total. The second-order valence-electron chi connectivity index (χ2n) is 9.13. The molecule has 0 fully saturated rings. The summed E-state index contributed by atoms with van der Waals surface area (Å²) in [5.74, 6) is -0.734. The van der Waals surface area contributed by atoms with Gasteiger partial charge < -0.3 is 15.4 Å². The number of hydrogen-bond donors (Lipinski definition) is 2. The predicted octanol–water partition coefficient (Wildman–Crippen LogP) is 4.09. The molecule has 0 bridgehead atoms. The van der Waals surface area contributed by atoms with E-state index in [1.54, 1.807) is 54.3 Å². The molecule has 0 saturated carbocycles. The van der Waals surface area contributed by atoms with Crippen LogP contribution in [0.4, 0.5) is 11.4 Å². The van der Waals surface area contributed by atoms with Crippen LogP contribution < -0.4 is 15.5 Å². The highest BCUT2D eigenvalue weighted by Gasteiger charge is 2.26. The molecule has 2 amide bonds. The van der Waals surface area contributed by atoms with Gasteiger partial charge in [0, 0.05) is 35.5 Å². The SMILES string of the molecule is CCOC(=O)CN(C(=O)c1ccccc1)c1ccc2c(c1)CCCN2C(=O)CCc1ccc(C(=N)N)cc1. The van der Waals surface area contributed by atoms with Crippen molar-refractivity contribution in [3.05, 3.63) is 95.1 Å². The Bertz CT molecular complexity index is 1320. The predicted molar refractivity (Wildman–Crippen MR) is 148 cm³/mol. The van der Waals surface area contributed by atoms with E-state index >= 15 is 0 Å². The minimum Gasteiger partial charge on any atom is -0.465 e. The average Bonchev–Trinajstić information content (AvgIpc) is 2.94.